The van der Waals surface area contributed by atoms with Crippen LogP contribution in [0.25, 0.3) is 0 Å². The minimum absolute atomic E-state index is 0.0980. The molecular weight excluding hydrogens is 392 g/mol. The molecule has 0 radical (unpaired) electrons. The van der Waals surface area contributed by atoms with E-state index in [0.717, 1.165) is 0 Å². The van der Waals surface area contributed by atoms with Crippen LogP contribution in [0.2, 0.25) is 5.02 Å². The summed E-state index contributed by atoms with van der Waals surface area (Å²) in [7, 11) is 1.52. The van der Waals surface area contributed by atoms with Crippen molar-refractivity contribution in [2.45, 2.75) is 13.0 Å². The van der Waals surface area contributed by atoms with Gasteiger partial charge >= 0.3 is 5.97 Å². The molecule has 7 nitrogen and oxygen atoms in total. The van der Waals surface area contributed by atoms with E-state index < -0.39 is 18.0 Å². The molecule has 0 bridgehead atoms. The summed E-state index contributed by atoms with van der Waals surface area (Å²) in [6, 6.07) is 7.80. The molecule has 144 valence electrons. The van der Waals surface area contributed by atoms with E-state index in [-0.39, 0.29) is 17.2 Å². The van der Waals surface area contributed by atoms with Gasteiger partial charge in [0.15, 0.2) is 6.10 Å². The van der Waals surface area contributed by atoms with Crippen molar-refractivity contribution in [3.63, 3.8) is 0 Å². The molecule has 0 unspecified atom stereocenters. The molecule has 1 atom stereocenters. The van der Waals surface area contributed by atoms with Crippen LogP contribution >= 0.6 is 22.9 Å². The number of halogens is 1. The number of anilines is 1. The smallest absolute Gasteiger partial charge is 0.341 e. The Hall–Kier alpha value is -2.42. The fourth-order valence-electron chi connectivity index (χ4n) is 2.09. The van der Waals surface area contributed by atoms with E-state index in [1.165, 1.54) is 43.6 Å². The summed E-state index contributed by atoms with van der Waals surface area (Å²) in [5.74, 6) is -1.56. The molecule has 0 aliphatic heterocycles. The monoisotopic (exact) mass is 410 g/mol. The van der Waals surface area contributed by atoms with Crippen molar-refractivity contribution in [1.29, 1.82) is 0 Å². The Morgan fingerprint density at radius 2 is 2.04 bits per heavy atom. The highest BCUT2D eigenvalue weighted by Crippen LogP contribution is 2.24. The van der Waals surface area contributed by atoms with Crippen molar-refractivity contribution in [1.82, 2.24) is 5.32 Å². The lowest BCUT2D eigenvalue weighted by Crippen LogP contribution is -2.37. The maximum atomic E-state index is 12.5. The molecule has 1 aromatic carbocycles. The molecule has 2 N–H and O–H groups in total. The lowest BCUT2D eigenvalue weighted by atomic mass is 10.1. The van der Waals surface area contributed by atoms with Gasteiger partial charge in [-0.05, 0) is 36.6 Å². The third kappa shape index (κ3) is 6.06. The molecule has 2 amide bonds. The van der Waals surface area contributed by atoms with Crippen molar-refractivity contribution in [2.75, 3.05) is 25.6 Å². The standard InChI is InChI=1S/C18H19ClN2O5S/c1-11(16(22)20-7-8-25-2)26-18(24)13-6-5-12(19)10-14(13)21-17(23)15-4-3-9-27-15/h3-6,9-11H,7-8H2,1-2H3,(H,20,22)(H,21,23)/t11-/m0/s1. The van der Waals surface area contributed by atoms with E-state index in [2.05, 4.69) is 10.6 Å². The van der Waals surface area contributed by atoms with E-state index in [1.54, 1.807) is 17.5 Å². The summed E-state index contributed by atoms with van der Waals surface area (Å²) in [6.07, 6.45) is -1.01. The number of carbonyl (C=O) groups is 3. The molecule has 0 aliphatic rings. The number of hydrogen-bond acceptors (Lipinski definition) is 6. The minimum Gasteiger partial charge on any atom is -0.449 e. The number of nitrogens with one attached hydrogen (secondary N) is 2. The fourth-order valence-corrected chi connectivity index (χ4v) is 2.88. The van der Waals surface area contributed by atoms with Gasteiger partial charge in [0.1, 0.15) is 0 Å². The maximum Gasteiger partial charge on any atom is 0.341 e. The highest BCUT2D eigenvalue weighted by Gasteiger charge is 2.22. The molecule has 0 aliphatic carbocycles. The highest BCUT2D eigenvalue weighted by atomic mass is 35.5. The van der Waals surface area contributed by atoms with Crippen molar-refractivity contribution in [3.05, 3.63) is 51.2 Å². The van der Waals surface area contributed by atoms with Gasteiger partial charge in [0, 0.05) is 18.7 Å². The SMILES string of the molecule is COCCNC(=O)[C@H](C)OC(=O)c1ccc(Cl)cc1NC(=O)c1cccs1. The Morgan fingerprint density at radius 1 is 1.26 bits per heavy atom. The van der Waals surface area contributed by atoms with Gasteiger partial charge in [-0.2, -0.15) is 0 Å². The highest BCUT2D eigenvalue weighted by molar-refractivity contribution is 7.12. The lowest BCUT2D eigenvalue weighted by Gasteiger charge is -2.15. The fraction of sp³-hybridized carbons (Fsp3) is 0.278. The summed E-state index contributed by atoms with van der Waals surface area (Å²) in [5.41, 5.74) is 0.304. The molecule has 1 aromatic heterocycles. The summed E-state index contributed by atoms with van der Waals surface area (Å²) < 4.78 is 10.0. The Morgan fingerprint density at radius 3 is 2.70 bits per heavy atom. The largest absolute Gasteiger partial charge is 0.449 e. The van der Waals surface area contributed by atoms with Gasteiger partial charge in [0.05, 0.1) is 22.7 Å². The van der Waals surface area contributed by atoms with E-state index >= 15 is 0 Å². The quantitative estimate of drug-likeness (QED) is 0.515. The first-order valence-electron chi connectivity index (χ1n) is 8.04. The summed E-state index contributed by atoms with van der Waals surface area (Å²) in [4.78, 5) is 37.1. The molecular formula is C18H19ClN2O5S. The van der Waals surface area contributed by atoms with Gasteiger partial charge in [-0.25, -0.2) is 4.79 Å². The number of esters is 1. The predicted octanol–water partition coefficient (Wildman–Crippen LogP) is 2.96. The Bertz CT molecular complexity index is 810. The number of carbonyl (C=O) groups excluding carboxylic acids is 3. The molecule has 0 saturated heterocycles. The average molecular weight is 411 g/mol. The van der Waals surface area contributed by atoms with Crippen LogP contribution in [0.1, 0.15) is 27.0 Å². The minimum atomic E-state index is -1.01. The second kappa shape index (κ2) is 10.1. The van der Waals surface area contributed by atoms with E-state index in [1.807, 2.05) is 0 Å². The summed E-state index contributed by atoms with van der Waals surface area (Å²) in [5, 5.41) is 7.35. The molecule has 27 heavy (non-hydrogen) atoms. The second-order valence-electron chi connectivity index (χ2n) is 5.45. The third-order valence-corrected chi connectivity index (χ3v) is 4.56. The van der Waals surface area contributed by atoms with Gasteiger partial charge in [-0.1, -0.05) is 17.7 Å². The zero-order valence-electron chi connectivity index (χ0n) is 14.8. The summed E-state index contributed by atoms with van der Waals surface area (Å²) >= 11 is 7.25. The van der Waals surface area contributed by atoms with Crippen LogP contribution in [0.3, 0.4) is 0 Å². The number of ether oxygens (including phenoxy) is 2. The van der Waals surface area contributed by atoms with E-state index in [4.69, 9.17) is 21.1 Å². The number of thiophene rings is 1. The van der Waals surface area contributed by atoms with Crippen LogP contribution < -0.4 is 10.6 Å². The lowest BCUT2D eigenvalue weighted by molar-refractivity contribution is -0.129. The Balaban J connectivity index is 2.09. The third-order valence-electron chi connectivity index (χ3n) is 3.45. The van der Waals surface area contributed by atoms with Crippen molar-refractivity contribution in [2.24, 2.45) is 0 Å². The molecule has 2 rings (SSSR count). The van der Waals surface area contributed by atoms with Crippen LogP contribution in [0, 0.1) is 0 Å². The topological polar surface area (TPSA) is 93.7 Å². The van der Waals surface area contributed by atoms with Crippen molar-refractivity contribution >= 4 is 46.4 Å². The van der Waals surface area contributed by atoms with Gasteiger partial charge < -0.3 is 20.1 Å². The van der Waals surface area contributed by atoms with Crippen molar-refractivity contribution < 1.29 is 23.9 Å². The van der Waals surface area contributed by atoms with Crippen LogP contribution in [-0.4, -0.2) is 44.1 Å². The first-order chi connectivity index (χ1) is 12.9. The molecule has 0 fully saturated rings. The Kier molecular flexibility index (Phi) is 7.78. The number of amides is 2. The van der Waals surface area contributed by atoms with E-state index in [0.29, 0.717) is 23.1 Å². The average Bonchev–Trinajstić information content (AvgIpc) is 3.16. The molecule has 9 heteroatoms. The second-order valence-corrected chi connectivity index (χ2v) is 6.84. The van der Waals surface area contributed by atoms with Crippen LogP contribution in [0.15, 0.2) is 35.7 Å². The number of benzene rings is 1. The molecule has 2 aromatic rings. The van der Waals surface area contributed by atoms with Gasteiger partial charge in [-0.15, -0.1) is 11.3 Å². The summed E-state index contributed by atoms with van der Waals surface area (Å²) in [6.45, 7) is 2.11. The Labute approximate surface area is 165 Å². The number of methoxy groups -OCH3 is 1. The van der Waals surface area contributed by atoms with Crippen molar-refractivity contribution in [3.8, 4) is 0 Å². The zero-order valence-corrected chi connectivity index (χ0v) is 16.4. The first kappa shape index (κ1) is 20.9. The zero-order chi connectivity index (χ0) is 19.8. The molecule has 0 spiro atoms. The van der Waals surface area contributed by atoms with Gasteiger partial charge in [0.25, 0.3) is 11.8 Å². The van der Waals surface area contributed by atoms with E-state index in [9.17, 15) is 14.4 Å². The van der Waals surface area contributed by atoms with Crippen LogP contribution in [-0.2, 0) is 14.3 Å². The molecule has 1 heterocycles. The number of hydrogen-bond donors (Lipinski definition) is 2. The maximum absolute atomic E-state index is 12.5. The van der Waals surface area contributed by atoms with Gasteiger partial charge in [-0.3, -0.25) is 9.59 Å². The number of rotatable bonds is 8. The molecule has 0 saturated carbocycles. The van der Waals surface area contributed by atoms with Gasteiger partial charge in [0.2, 0.25) is 0 Å². The predicted molar refractivity (Wildman–Crippen MR) is 103 cm³/mol. The van der Waals surface area contributed by atoms with Crippen LogP contribution in [0.4, 0.5) is 5.69 Å². The first-order valence-corrected chi connectivity index (χ1v) is 9.30. The van der Waals surface area contributed by atoms with Crippen LogP contribution in [0.5, 0.6) is 0 Å². The normalized spacial score (nSPS) is 11.5.